The van der Waals surface area contributed by atoms with Gasteiger partial charge in [0.2, 0.25) is 0 Å². The molecular formula is C40H83NO2. The molecule has 0 radical (unpaired) electrons. The lowest BCUT2D eigenvalue weighted by Gasteiger charge is -2.27. The van der Waals surface area contributed by atoms with Crippen LogP contribution in [0.5, 0.6) is 0 Å². The molecular weight excluding hydrogens is 526 g/mol. The molecule has 0 aromatic heterocycles. The van der Waals surface area contributed by atoms with E-state index >= 15 is 0 Å². The first kappa shape index (κ1) is 42.9. The van der Waals surface area contributed by atoms with Crippen molar-refractivity contribution in [2.24, 2.45) is 0 Å². The maximum Gasteiger partial charge on any atom is 0.0667 e. The standard InChI is InChI=1S/C40H83NO2/c1-4-7-10-12-14-16-18-20-22-24-26-28-30-32-34-39(42)37-41(36-9-6-3)38-40(43)35-33-31-29-27-25-23-21-19-17-15-13-11-8-5-2/h39-40,42-43H,4-38H2,1-3H3. The summed E-state index contributed by atoms with van der Waals surface area (Å²) in [4.78, 5) is 2.34. The van der Waals surface area contributed by atoms with Crippen molar-refractivity contribution in [1.29, 1.82) is 0 Å². The van der Waals surface area contributed by atoms with E-state index in [1.54, 1.807) is 0 Å². The van der Waals surface area contributed by atoms with Crippen molar-refractivity contribution >= 4 is 0 Å². The van der Waals surface area contributed by atoms with Gasteiger partial charge in [-0.2, -0.15) is 0 Å². The largest absolute Gasteiger partial charge is 0.392 e. The van der Waals surface area contributed by atoms with Crippen LogP contribution in [0.1, 0.15) is 226 Å². The maximum atomic E-state index is 10.7. The summed E-state index contributed by atoms with van der Waals surface area (Å²) in [6.07, 6.45) is 42.1. The predicted octanol–water partition coefficient (Wildman–Crippen LogP) is 12.6. The highest BCUT2D eigenvalue weighted by molar-refractivity contribution is 4.70. The van der Waals surface area contributed by atoms with Gasteiger partial charge >= 0.3 is 0 Å². The second kappa shape index (κ2) is 36.3. The fourth-order valence-corrected chi connectivity index (χ4v) is 6.57. The van der Waals surface area contributed by atoms with E-state index in [4.69, 9.17) is 0 Å². The van der Waals surface area contributed by atoms with Crippen LogP contribution in [-0.2, 0) is 0 Å². The second-order valence-corrected chi connectivity index (χ2v) is 14.2. The monoisotopic (exact) mass is 610 g/mol. The summed E-state index contributed by atoms with van der Waals surface area (Å²) < 4.78 is 0. The maximum absolute atomic E-state index is 10.7. The summed E-state index contributed by atoms with van der Waals surface area (Å²) >= 11 is 0. The Morgan fingerprint density at radius 1 is 0.326 bits per heavy atom. The summed E-state index contributed by atoms with van der Waals surface area (Å²) in [6.45, 7) is 9.28. The van der Waals surface area contributed by atoms with Gasteiger partial charge in [-0.3, -0.25) is 4.90 Å². The Hall–Kier alpha value is -0.120. The highest BCUT2D eigenvalue weighted by atomic mass is 16.3. The zero-order valence-corrected chi connectivity index (χ0v) is 30.2. The molecule has 0 amide bonds. The zero-order chi connectivity index (χ0) is 31.5. The molecule has 3 nitrogen and oxygen atoms in total. The van der Waals surface area contributed by atoms with Crippen LogP contribution in [-0.4, -0.2) is 47.0 Å². The number of unbranched alkanes of at least 4 members (excludes halogenated alkanes) is 27. The normalized spacial score (nSPS) is 13.3. The summed E-state index contributed by atoms with van der Waals surface area (Å²) in [5, 5.41) is 21.4. The Balaban J connectivity index is 3.71. The van der Waals surface area contributed by atoms with Crippen LogP contribution < -0.4 is 0 Å². The third kappa shape index (κ3) is 34.6. The molecule has 2 N–H and O–H groups in total. The molecule has 0 fully saturated rings. The van der Waals surface area contributed by atoms with Crippen molar-refractivity contribution < 1.29 is 10.2 Å². The summed E-state index contributed by atoms with van der Waals surface area (Å²) in [6, 6.07) is 0. The third-order valence-corrected chi connectivity index (χ3v) is 9.55. The van der Waals surface area contributed by atoms with Gasteiger partial charge < -0.3 is 10.2 Å². The molecule has 2 atom stereocenters. The topological polar surface area (TPSA) is 43.7 Å². The van der Waals surface area contributed by atoms with Crippen molar-refractivity contribution in [3.05, 3.63) is 0 Å². The van der Waals surface area contributed by atoms with E-state index in [0.29, 0.717) is 0 Å². The molecule has 0 aromatic carbocycles. The van der Waals surface area contributed by atoms with Crippen LogP contribution in [0.25, 0.3) is 0 Å². The highest BCUT2D eigenvalue weighted by Crippen LogP contribution is 2.16. The summed E-state index contributed by atoms with van der Waals surface area (Å²) in [7, 11) is 0. The Morgan fingerprint density at radius 3 is 0.814 bits per heavy atom. The lowest BCUT2D eigenvalue weighted by molar-refractivity contribution is 0.0598. The van der Waals surface area contributed by atoms with Gasteiger partial charge in [-0.1, -0.05) is 207 Å². The van der Waals surface area contributed by atoms with Crippen LogP contribution in [0, 0.1) is 0 Å². The Morgan fingerprint density at radius 2 is 0.558 bits per heavy atom. The number of rotatable bonds is 37. The van der Waals surface area contributed by atoms with Crippen LogP contribution in [0.4, 0.5) is 0 Å². The van der Waals surface area contributed by atoms with E-state index in [-0.39, 0.29) is 12.2 Å². The second-order valence-electron chi connectivity index (χ2n) is 14.2. The minimum atomic E-state index is -0.248. The van der Waals surface area contributed by atoms with Crippen molar-refractivity contribution in [3.63, 3.8) is 0 Å². The summed E-state index contributed by atoms with van der Waals surface area (Å²) in [5.74, 6) is 0. The highest BCUT2D eigenvalue weighted by Gasteiger charge is 2.15. The first-order valence-corrected chi connectivity index (χ1v) is 20.2. The lowest BCUT2D eigenvalue weighted by atomic mass is 10.0. The van der Waals surface area contributed by atoms with E-state index in [1.807, 2.05) is 0 Å². The number of aliphatic hydroxyl groups is 2. The van der Waals surface area contributed by atoms with E-state index in [9.17, 15) is 10.2 Å². The molecule has 0 aromatic rings. The van der Waals surface area contributed by atoms with Gasteiger partial charge in [0, 0.05) is 13.1 Å². The minimum Gasteiger partial charge on any atom is -0.392 e. The number of aliphatic hydroxyl groups excluding tert-OH is 2. The number of hydrogen-bond acceptors (Lipinski definition) is 3. The van der Waals surface area contributed by atoms with Crippen molar-refractivity contribution in [2.75, 3.05) is 19.6 Å². The molecule has 0 heterocycles. The van der Waals surface area contributed by atoms with Crippen LogP contribution in [0.3, 0.4) is 0 Å². The first-order valence-electron chi connectivity index (χ1n) is 20.2. The SMILES string of the molecule is CCCCCCCCCCCCCCCCC(O)CN(CCCC)CC(O)CCCCCCCCCCCCCCCC. The van der Waals surface area contributed by atoms with Gasteiger partial charge in [0.25, 0.3) is 0 Å². The number of nitrogens with zero attached hydrogens (tertiary/aromatic N) is 1. The van der Waals surface area contributed by atoms with E-state index < -0.39 is 0 Å². The zero-order valence-electron chi connectivity index (χ0n) is 30.2. The average Bonchev–Trinajstić information content (AvgIpc) is 3.00. The fourth-order valence-electron chi connectivity index (χ4n) is 6.57. The molecule has 0 saturated heterocycles. The Kier molecular flexibility index (Phi) is 36.2. The van der Waals surface area contributed by atoms with E-state index in [0.717, 1.165) is 51.7 Å². The van der Waals surface area contributed by atoms with E-state index in [2.05, 4.69) is 25.7 Å². The fraction of sp³-hybridized carbons (Fsp3) is 1.00. The Bertz CT molecular complexity index is 459. The molecule has 0 bridgehead atoms. The van der Waals surface area contributed by atoms with Gasteiger partial charge in [0.1, 0.15) is 0 Å². The smallest absolute Gasteiger partial charge is 0.0667 e. The molecule has 0 aliphatic rings. The molecule has 0 saturated carbocycles. The predicted molar refractivity (Wildman–Crippen MR) is 193 cm³/mol. The molecule has 0 aliphatic heterocycles. The van der Waals surface area contributed by atoms with Crippen molar-refractivity contribution in [1.82, 2.24) is 4.90 Å². The number of hydrogen-bond donors (Lipinski definition) is 2. The first-order chi connectivity index (χ1) is 21.1. The van der Waals surface area contributed by atoms with Crippen molar-refractivity contribution in [3.8, 4) is 0 Å². The molecule has 3 heteroatoms. The van der Waals surface area contributed by atoms with Crippen LogP contribution in [0.2, 0.25) is 0 Å². The van der Waals surface area contributed by atoms with E-state index in [1.165, 1.54) is 173 Å². The Labute approximate surface area is 272 Å². The van der Waals surface area contributed by atoms with Crippen LogP contribution >= 0.6 is 0 Å². The van der Waals surface area contributed by atoms with Crippen LogP contribution in [0.15, 0.2) is 0 Å². The molecule has 0 rings (SSSR count). The van der Waals surface area contributed by atoms with Gasteiger partial charge in [-0.25, -0.2) is 0 Å². The van der Waals surface area contributed by atoms with Gasteiger partial charge in [0.05, 0.1) is 12.2 Å². The van der Waals surface area contributed by atoms with Crippen molar-refractivity contribution in [2.45, 2.75) is 238 Å². The average molecular weight is 610 g/mol. The minimum absolute atomic E-state index is 0.248. The molecule has 0 aliphatic carbocycles. The quantitative estimate of drug-likeness (QED) is 0.0689. The molecule has 2 unspecified atom stereocenters. The molecule has 43 heavy (non-hydrogen) atoms. The van der Waals surface area contributed by atoms with Gasteiger partial charge in [-0.15, -0.1) is 0 Å². The third-order valence-electron chi connectivity index (χ3n) is 9.55. The lowest BCUT2D eigenvalue weighted by Crippen LogP contribution is -2.38. The van der Waals surface area contributed by atoms with Gasteiger partial charge in [-0.05, 0) is 25.8 Å². The molecule has 0 spiro atoms. The molecule has 260 valence electrons. The summed E-state index contributed by atoms with van der Waals surface area (Å²) in [5.41, 5.74) is 0. The van der Waals surface area contributed by atoms with Gasteiger partial charge in [0.15, 0.2) is 0 Å².